The number of ether oxygens (including phenoxy) is 1. The zero-order valence-electron chi connectivity index (χ0n) is 15.0. The predicted octanol–water partition coefficient (Wildman–Crippen LogP) is 3.02. The van der Waals surface area contributed by atoms with Crippen molar-refractivity contribution in [1.82, 2.24) is 25.1 Å². The summed E-state index contributed by atoms with van der Waals surface area (Å²) in [5.41, 5.74) is 3.29. The van der Waals surface area contributed by atoms with Crippen molar-refractivity contribution in [1.29, 1.82) is 0 Å². The fourth-order valence-corrected chi connectivity index (χ4v) is 2.92. The minimum Gasteiger partial charge on any atom is -0.497 e. The van der Waals surface area contributed by atoms with E-state index in [4.69, 9.17) is 4.74 Å². The quantitative estimate of drug-likeness (QED) is 0.662. The average molecular weight is 339 g/mol. The lowest BCUT2D eigenvalue weighted by molar-refractivity contribution is 0.415. The lowest BCUT2D eigenvalue weighted by Gasteiger charge is -2.16. The lowest BCUT2D eigenvalue weighted by Crippen LogP contribution is -2.30. The average Bonchev–Trinajstić information content (AvgIpc) is 3.29. The van der Waals surface area contributed by atoms with Crippen LogP contribution in [0.2, 0.25) is 0 Å². The van der Waals surface area contributed by atoms with Crippen LogP contribution in [-0.2, 0) is 19.5 Å². The smallest absolute Gasteiger partial charge is 0.118 e. The molecule has 0 saturated heterocycles. The highest BCUT2D eigenvalue weighted by Crippen LogP contribution is 2.23. The van der Waals surface area contributed by atoms with Gasteiger partial charge in [-0.25, -0.2) is 4.98 Å². The van der Waals surface area contributed by atoms with Crippen molar-refractivity contribution in [3.63, 3.8) is 0 Å². The van der Waals surface area contributed by atoms with Gasteiger partial charge in [-0.1, -0.05) is 6.92 Å². The van der Waals surface area contributed by atoms with Gasteiger partial charge in [0.05, 0.1) is 19.0 Å². The Kier molecular flexibility index (Phi) is 5.50. The molecule has 3 rings (SSSR count). The van der Waals surface area contributed by atoms with Gasteiger partial charge in [0.1, 0.15) is 11.6 Å². The predicted molar refractivity (Wildman–Crippen MR) is 98.5 cm³/mol. The number of rotatable bonds is 8. The van der Waals surface area contributed by atoms with Gasteiger partial charge in [-0.3, -0.25) is 5.10 Å². The number of hydrogen-bond donors (Lipinski definition) is 2. The third-order valence-corrected chi connectivity index (χ3v) is 4.33. The molecular weight excluding hydrogens is 314 g/mol. The summed E-state index contributed by atoms with van der Waals surface area (Å²) in [6.45, 7) is 5.98. The number of nitrogens with one attached hydrogen (secondary N) is 2. The highest BCUT2D eigenvalue weighted by atomic mass is 16.5. The standard InChI is InChI=1S/C19H25N5O/c1-4-18-20-9-10-24(18)13-14(2)21-11-16-12-22-23-19(16)15-5-7-17(25-3)8-6-15/h5-10,12,14,21H,4,11,13H2,1-3H3,(H,22,23)/t14-/m1/s1. The van der Waals surface area contributed by atoms with Crippen molar-refractivity contribution in [2.45, 2.75) is 39.4 Å². The molecule has 0 radical (unpaired) electrons. The summed E-state index contributed by atoms with van der Waals surface area (Å²) >= 11 is 0. The second kappa shape index (κ2) is 7.98. The SMILES string of the molecule is CCc1nccn1C[C@@H](C)NCc1cn[nH]c1-c1ccc(OC)cc1. The number of H-pyrrole nitrogens is 1. The number of aromatic amines is 1. The van der Waals surface area contributed by atoms with E-state index < -0.39 is 0 Å². The van der Waals surface area contributed by atoms with Crippen LogP contribution in [0, 0.1) is 0 Å². The first-order valence-electron chi connectivity index (χ1n) is 8.61. The second-order valence-electron chi connectivity index (χ2n) is 6.13. The molecule has 2 aromatic heterocycles. The summed E-state index contributed by atoms with van der Waals surface area (Å²) in [5, 5.41) is 10.9. The van der Waals surface area contributed by atoms with Gasteiger partial charge in [0.25, 0.3) is 0 Å². The Morgan fingerprint density at radius 1 is 1.28 bits per heavy atom. The zero-order chi connectivity index (χ0) is 17.6. The van der Waals surface area contributed by atoms with E-state index in [0.29, 0.717) is 6.04 Å². The monoisotopic (exact) mass is 339 g/mol. The van der Waals surface area contributed by atoms with Gasteiger partial charge in [-0.05, 0) is 31.2 Å². The minimum absolute atomic E-state index is 0.332. The van der Waals surface area contributed by atoms with E-state index in [0.717, 1.165) is 47.9 Å². The number of hydrogen-bond acceptors (Lipinski definition) is 4. The molecule has 3 aromatic rings. The van der Waals surface area contributed by atoms with Gasteiger partial charge in [0, 0.05) is 49.1 Å². The molecule has 0 amide bonds. The van der Waals surface area contributed by atoms with Crippen LogP contribution in [0.25, 0.3) is 11.3 Å². The van der Waals surface area contributed by atoms with Gasteiger partial charge < -0.3 is 14.6 Å². The van der Waals surface area contributed by atoms with E-state index in [1.54, 1.807) is 7.11 Å². The third-order valence-electron chi connectivity index (χ3n) is 4.33. The fourth-order valence-electron chi connectivity index (χ4n) is 2.92. The first kappa shape index (κ1) is 17.2. The Balaban J connectivity index is 1.63. The molecule has 0 aliphatic rings. The van der Waals surface area contributed by atoms with Crippen LogP contribution in [0.3, 0.4) is 0 Å². The van der Waals surface area contributed by atoms with E-state index in [1.807, 2.05) is 42.9 Å². The molecule has 2 N–H and O–H groups in total. The highest BCUT2D eigenvalue weighted by Gasteiger charge is 2.11. The molecule has 0 fully saturated rings. The Bertz CT molecular complexity index is 790. The summed E-state index contributed by atoms with van der Waals surface area (Å²) in [5.74, 6) is 1.97. The van der Waals surface area contributed by atoms with Crippen LogP contribution < -0.4 is 10.1 Å². The minimum atomic E-state index is 0.332. The molecule has 0 aliphatic carbocycles. The Morgan fingerprint density at radius 2 is 2.08 bits per heavy atom. The third kappa shape index (κ3) is 4.09. The molecule has 25 heavy (non-hydrogen) atoms. The fraction of sp³-hybridized carbons (Fsp3) is 0.368. The molecule has 1 atom stereocenters. The number of aryl methyl sites for hydroxylation is 1. The Hall–Kier alpha value is -2.60. The largest absolute Gasteiger partial charge is 0.497 e. The van der Waals surface area contributed by atoms with Crippen molar-refractivity contribution in [3.05, 3.63) is 54.2 Å². The Labute approximate surface area is 148 Å². The zero-order valence-corrected chi connectivity index (χ0v) is 15.0. The van der Waals surface area contributed by atoms with Crippen molar-refractivity contribution in [2.75, 3.05) is 7.11 Å². The van der Waals surface area contributed by atoms with Crippen LogP contribution in [0.5, 0.6) is 5.75 Å². The maximum atomic E-state index is 5.22. The maximum Gasteiger partial charge on any atom is 0.118 e. The van der Waals surface area contributed by atoms with E-state index in [1.165, 1.54) is 0 Å². The van der Waals surface area contributed by atoms with Crippen molar-refractivity contribution in [2.24, 2.45) is 0 Å². The van der Waals surface area contributed by atoms with Crippen LogP contribution in [0.1, 0.15) is 25.2 Å². The van der Waals surface area contributed by atoms with Crippen LogP contribution >= 0.6 is 0 Å². The van der Waals surface area contributed by atoms with Crippen molar-refractivity contribution < 1.29 is 4.74 Å². The lowest BCUT2D eigenvalue weighted by atomic mass is 10.1. The molecular formula is C19H25N5O. The normalized spacial score (nSPS) is 12.3. The number of methoxy groups -OCH3 is 1. The highest BCUT2D eigenvalue weighted by molar-refractivity contribution is 5.63. The topological polar surface area (TPSA) is 67.8 Å². The molecule has 0 saturated carbocycles. The molecule has 0 aliphatic heterocycles. The molecule has 0 unspecified atom stereocenters. The molecule has 0 spiro atoms. The Morgan fingerprint density at radius 3 is 2.80 bits per heavy atom. The van der Waals surface area contributed by atoms with Crippen LogP contribution in [0.15, 0.2) is 42.9 Å². The molecule has 2 heterocycles. The van der Waals surface area contributed by atoms with Gasteiger partial charge >= 0.3 is 0 Å². The summed E-state index contributed by atoms with van der Waals surface area (Å²) in [6.07, 6.45) is 6.73. The molecule has 6 nitrogen and oxygen atoms in total. The molecule has 1 aromatic carbocycles. The number of nitrogens with zero attached hydrogens (tertiary/aromatic N) is 3. The van der Waals surface area contributed by atoms with Gasteiger partial charge in [0.15, 0.2) is 0 Å². The van der Waals surface area contributed by atoms with Gasteiger partial charge in [0.2, 0.25) is 0 Å². The molecule has 132 valence electrons. The molecule has 0 bridgehead atoms. The molecule has 6 heteroatoms. The summed E-state index contributed by atoms with van der Waals surface area (Å²) in [7, 11) is 1.67. The maximum absolute atomic E-state index is 5.22. The van der Waals surface area contributed by atoms with E-state index in [9.17, 15) is 0 Å². The van der Waals surface area contributed by atoms with Gasteiger partial charge in [-0.15, -0.1) is 0 Å². The summed E-state index contributed by atoms with van der Waals surface area (Å²) in [6, 6.07) is 8.33. The van der Waals surface area contributed by atoms with Crippen LogP contribution in [-0.4, -0.2) is 32.9 Å². The number of imidazole rings is 1. The van der Waals surface area contributed by atoms with Gasteiger partial charge in [-0.2, -0.15) is 5.10 Å². The van der Waals surface area contributed by atoms with E-state index >= 15 is 0 Å². The van der Waals surface area contributed by atoms with Crippen LogP contribution in [0.4, 0.5) is 0 Å². The van der Waals surface area contributed by atoms with Crippen molar-refractivity contribution >= 4 is 0 Å². The van der Waals surface area contributed by atoms with E-state index in [-0.39, 0.29) is 0 Å². The first-order valence-corrected chi connectivity index (χ1v) is 8.61. The number of aromatic nitrogens is 4. The second-order valence-corrected chi connectivity index (χ2v) is 6.13. The summed E-state index contributed by atoms with van der Waals surface area (Å²) in [4.78, 5) is 4.38. The summed E-state index contributed by atoms with van der Waals surface area (Å²) < 4.78 is 7.42. The first-order chi connectivity index (χ1) is 12.2. The van der Waals surface area contributed by atoms with E-state index in [2.05, 4.69) is 38.9 Å². The van der Waals surface area contributed by atoms with Crippen molar-refractivity contribution in [3.8, 4) is 17.0 Å². The number of benzene rings is 1.